The van der Waals surface area contributed by atoms with E-state index in [1.165, 1.54) is 6.92 Å². The van der Waals surface area contributed by atoms with Crippen molar-refractivity contribution in [2.75, 3.05) is 0 Å². The molecule has 0 saturated carbocycles. The van der Waals surface area contributed by atoms with Crippen LogP contribution in [-0.4, -0.2) is 28.6 Å². The van der Waals surface area contributed by atoms with Gasteiger partial charge in [0.25, 0.3) is 0 Å². The minimum atomic E-state index is -1.84. The van der Waals surface area contributed by atoms with E-state index in [-0.39, 0.29) is 6.42 Å². The molecular formula is C15H16O6. The van der Waals surface area contributed by atoms with Crippen molar-refractivity contribution >= 4 is 17.9 Å². The quantitative estimate of drug-likeness (QED) is 0.506. The first-order valence-corrected chi connectivity index (χ1v) is 6.62. The Balaban J connectivity index is 2.18. The smallest absolute Gasteiger partial charge is 0.347 e. The number of cyclic esters (lactones) is 2. The lowest BCUT2D eigenvalue weighted by Crippen LogP contribution is -2.43. The van der Waals surface area contributed by atoms with Crippen LogP contribution < -0.4 is 4.74 Å². The first kappa shape index (κ1) is 15.2. The van der Waals surface area contributed by atoms with Crippen LogP contribution in [0.25, 0.3) is 0 Å². The molecule has 0 bridgehead atoms. The molecule has 0 aromatic heterocycles. The Morgan fingerprint density at radius 3 is 2.48 bits per heavy atom. The molecule has 1 aliphatic heterocycles. The van der Waals surface area contributed by atoms with Gasteiger partial charge in [0.2, 0.25) is 0 Å². The summed E-state index contributed by atoms with van der Waals surface area (Å²) in [6.07, 6.45) is 0.281. The Hall–Kier alpha value is -2.21. The molecule has 112 valence electrons. The summed E-state index contributed by atoms with van der Waals surface area (Å²) in [5.74, 6) is -2.53. The highest BCUT2D eigenvalue weighted by Gasteiger charge is 2.55. The van der Waals surface area contributed by atoms with Gasteiger partial charge in [-0.1, -0.05) is 19.1 Å². The number of benzene rings is 1. The van der Waals surface area contributed by atoms with Crippen LogP contribution in [0.2, 0.25) is 0 Å². The maximum atomic E-state index is 11.7. The van der Waals surface area contributed by atoms with Crippen molar-refractivity contribution < 1.29 is 29.0 Å². The second kappa shape index (κ2) is 5.65. The second-order valence-electron chi connectivity index (χ2n) is 5.01. The van der Waals surface area contributed by atoms with Crippen molar-refractivity contribution in [2.24, 2.45) is 5.92 Å². The normalized spacial score (nSPS) is 24.8. The predicted octanol–water partition coefficient (Wildman–Crippen LogP) is 0.995. The molecule has 2 unspecified atom stereocenters. The van der Waals surface area contributed by atoms with Gasteiger partial charge in [-0.3, -0.25) is 9.59 Å². The maximum absolute atomic E-state index is 11.7. The van der Waals surface area contributed by atoms with E-state index in [1.54, 1.807) is 31.2 Å². The van der Waals surface area contributed by atoms with Crippen LogP contribution in [0.15, 0.2) is 24.3 Å². The lowest BCUT2D eigenvalue weighted by atomic mass is 9.82. The molecule has 0 spiro atoms. The van der Waals surface area contributed by atoms with Crippen LogP contribution in [-0.2, 0) is 25.5 Å². The third kappa shape index (κ3) is 2.95. The number of rotatable bonds is 4. The van der Waals surface area contributed by atoms with E-state index in [0.717, 1.165) is 0 Å². The maximum Gasteiger partial charge on any atom is 0.347 e. The molecule has 1 N–H and O–H groups in total. The van der Waals surface area contributed by atoms with Crippen LogP contribution in [0.3, 0.4) is 0 Å². The Morgan fingerprint density at radius 2 is 1.95 bits per heavy atom. The zero-order chi connectivity index (χ0) is 15.6. The third-order valence-electron chi connectivity index (χ3n) is 3.47. The monoisotopic (exact) mass is 292 g/mol. The number of aliphatic hydroxyl groups is 1. The number of carbonyl (C=O) groups is 3. The molecule has 1 aliphatic rings. The van der Waals surface area contributed by atoms with E-state index in [9.17, 15) is 19.5 Å². The van der Waals surface area contributed by atoms with Gasteiger partial charge in [-0.15, -0.1) is 0 Å². The highest BCUT2D eigenvalue weighted by molar-refractivity contribution is 6.01. The Kier molecular flexibility index (Phi) is 4.09. The summed E-state index contributed by atoms with van der Waals surface area (Å²) >= 11 is 0. The standard InChI is InChI=1S/C15H16O6/c1-3-12-13(17)21-14(18)15(12,19)8-10-4-6-11(7-5-10)20-9(2)16/h4-7,12,19H,3,8H2,1-2H3. The van der Waals surface area contributed by atoms with Crippen molar-refractivity contribution in [2.45, 2.75) is 32.3 Å². The molecular weight excluding hydrogens is 276 g/mol. The number of esters is 3. The van der Waals surface area contributed by atoms with Crippen LogP contribution in [0.1, 0.15) is 25.8 Å². The summed E-state index contributed by atoms with van der Waals surface area (Å²) in [7, 11) is 0. The van der Waals surface area contributed by atoms with Crippen LogP contribution in [0.4, 0.5) is 0 Å². The molecule has 1 fully saturated rings. The van der Waals surface area contributed by atoms with E-state index in [0.29, 0.717) is 17.7 Å². The molecule has 6 heteroatoms. The van der Waals surface area contributed by atoms with Crippen LogP contribution in [0.5, 0.6) is 5.75 Å². The van der Waals surface area contributed by atoms with Crippen molar-refractivity contribution in [3.63, 3.8) is 0 Å². The molecule has 6 nitrogen and oxygen atoms in total. The molecule has 0 radical (unpaired) electrons. The fourth-order valence-electron chi connectivity index (χ4n) is 2.44. The number of carbonyl (C=O) groups excluding carboxylic acids is 3. The summed E-state index contributed by atoms with van der Waals surface area (Å²) < 4.78 is 9.43. The average Bonchev–Trinajstić information content (AvgIpc) is 2.61. The largest absolute Gasteiger partial charge is 0.427 e. The summed E-state index contributed by atoms with van der Waals surface area (Å²) in [5, 5.41) is 10.5. The van der Waals surface area contributed by atoms with E-state index in [4.69, 9.17) is 4.74 Å². The molecule has 0 amide bonds. The van der Waals surface area contributed by atoms with Gasteiger partial charge >= 0.3 is 17.9 Å². The van der Waals surface area contributed by atoms with E-state index < -0.39 is 29.4 Å². The van der Waals surface area contributed by atoms with Crippen molar-refractivity contribution in [3.05, 3.63) is 29.8 Å². The van der Waals surface area contributed by atoms with Gasteiger partial charge in [0.05, 0.1) is 5.92 Å². The van der Waals surface area contributed by atoms with Gasteiger partial charge in [-0.25, -0.2) is 4.79 Å². The summed E-state index contributed by atoms with van der Waals surface area (Å²) in [6, 6.07) is 6.37. The van der Waals surface area contributed by atoms with Gasteiger partial charge in [0, 0.05) is 13.3 Å². The lowest BCUT2D eigenvalue weighted by molar-refractivity contribution is -0.158. The molecule has 2 atom stereocenters. The second-order valence-corrected chi connectivity index (χ2v) is 5.01. The van der Waals surface area contributed by atoms with Crippen molar-refractivity contribution in [3.8, 4) is 5.75 Å². The number of ether oxygens (including phenoxy) is 2. The van der Waals surface area contributed by atoms with Crippen LogP contribution >= 0.6 is 0 Å². The van der Waals surface area contributed by atoms with Gasteiger partial charge in [0.1, 0.15) is 5.75 Å². The Labute approximate surface area is 121 Å². The van der Waals surface area contributed by atoms with Gasteiger partial charge < -0.3 is 14.6 Å². The topological polar surface area (TPSA) is 89.9 Å². The Bertz CT molecular complexity index is 576. The van der Waals surface area contributed by atoms with E-state index in [1.807, 2.05) is 0 Å². The summed E-state index contributed by atoms with van der Waals surface area (Å²) in [4.78, 5) is 34.1. The Morgan fingerprint density at radius 1 is 1.33 bits per heavy atom. The SMILES string of the molecule is CCC1C(=O)OC(=O)C1(O)Cc1ccc(OC(C)=O)cc1. The van der Waals surface area contributed by atoms with Crippen LogP contribution in [0, 0.1) is 5.92 Å². The van der Waals surface area contributed by atoms with E-state index in [2.05, 4.69) is 4.74 Å². The molecule has 1 heterocycles. The fourth-order valence-corrected chi connectivity index (χ4v) is 2.44. The minimum Gasteiger partial charge on any atom is -0.427 e. The molecule has 0 aliphatic carbocycles. The molecule has 2 rings (SSSR count). The van der Waals surface area contributed by atoms with Gasteiger partial charge in [-0.05, 0) is 24.1 Å². The van der Waals surface area contributed by atoms with Crippen molar-refractivity contribution in [1.82, 2.24) is 0 Å². The first-order chi connectivity index (χ1) is 9.86. The fraction of sp³-hybridized carbons (Fsp3) is 0.400. The lowest BCUT2D eigenvalue weighted by Gasteiger charge is -2.23. The van der Waals surface area contributed by atoms with Crippen molar-refractivity contribution in [1.29, 1.82) is 0 Å². The molecule has 1 aromatic carbocycles. The highest BCUT2D eigenvalue weighted by Crippen LogP contribution is 2.34. The predicted molar refractivity (Wildman–Crippen MR) is 71.3 cm³/mol. The summed E-state index contributed by atoms with van der Waals surface area (Å²) in [6.45, 7) is 3.00. The minimum absolute atomic E-state index is 0.0313. The zero-order valence-electron chi connectivity index (χ0n) is 11.8. The molecule has 1 aromatic rings. The zero-order valence-corrected chi connectivity index (χ0v) is 11.8. The first-order valence-electron chi connectivity index (χ1n) is 6.62. The van der Waals surface area contributed by atoms with E-state index >= 15 is 0 Å². The molecule has 1 saturated heterocycles. The van der Waals surface area contributed by atoms with Gasteiger partial charge in [-0.2, -0.15) is 0 Å². The van der Waals surface area contributed by atoms with Gasteiger partial charge in [0.15, 0.2) is 5.60 Å². The number of hydrogen-bond acceptors (Lipinski definition) is 6. The summed E-state index contributed by atoms with van der Waals surface area (Å²) in [5.41, 5.74) is -1.20. The third-order valence-corrected chi connectivity index (χ3v) is 3.47. The average molecular weight is 292 g/mol. The molecule has 21 heavy (non-hydrogen) atoms. The number of hydrogen-bond donors (Lipinski definition) is 1. The highest BCUT2D eigenvalue weighted by atomic mass is 16.6.